The molecule has 1 aromatic carbocycles. The normalized spacial score (nSPS) is 16.3. The lowest BCUT2D eigenvalue weighted by atomic mass is 9.91. The van der Waals surface area contributed by atoms with Crippen LogP contribution in [0.1, 0.15) is 53.7 Å². The van der Waals surface area contributed by atoms with Gasteiger partial charge in [0.2, 0.25) is 0 Å². The van der Waals surface area contributed by atoms with Crippen LogP contribution in [0.25, 0.3) is 21.1 Å². The first-order valence-electron chi connectivity index (χ1n) is 15.5. The van der Waals surface area contributed by atoms with Crippen LogP contribution in [0.15, 0.2) is 24.3 Å². The van der Waals surface area contributed by atoms with Gasteiger partial charge in [0.05, 0.1) is 11.8 Å². The number of benzene rings is 1. The van der Waals surface area contributed by atoms with Gasteiger partial charge in [-0.1, -0.05) is 13.0 Å². The molecule has 0 amide bonds. The third kappa shape index (κ3) is 7.99. The predicted molar refractivity (Wildman–Crippen MR) is 177 cm³/mol. The molecule has 5 rings (SSSR count). The van der Waals surface area contributed by atoms with Crippen molar-refractivity contribution in [1.29, 1.82) is 5.26 Å². The number of thiol groups is 1. The standard InChI is InChI=1S/C32H40F3N7O2S2/c1-19(22(15-36)8-11-46(43)44)17-42-25(16-37)12-27-20(2)23(4-5-29(27)42)18-41-9-6-24(7-10-41)40-30-28-13-26(14-32(33,34)35)45-31(28)39-21(3)38-30/h4-5,12-13,19,22,24,46H,6-11,14-15,17-18,36H2,1-3H3,(H,38,39,40)/t19-,22?/m0/s1. The Morgan fingerprint density at radius 2 is 1.91 bits per heavy atom. The quantitative estimate of drug-likeness (QED) is 0.167. The number of nitrogens with two attached hydrogens (primary N) is 1. The molecule has 2 atom stereocenters. The zero-order valence-electron chi connectivity index (χ0n) is 26.2. The summed E-state index contributed by atoms with van der Waals surface area (Å²) >= 11 is 1.07. The number of hydrogen-bond acceptors (Lipinski definition) is 9. The second-order valence-electron chi connectivity index (χ2n) is 12.4. The van der Waals surface area contributed by atoms with Gasteiger partial charge < -0.3 is 15.6 Å². The molecule has 46 heavy (non-hydrogen) atoms. The summed E-state index contributed by atoms with van der Waals surface area (Å²) in [5, 5.41) is 15.1. The molecule has 4 heterocycles. The van der Waals surface area contributed by atoms with Crippen molar-refractivity contribution in [2.75, 3.05) is 30.7 Å². The summed E-state index contributed by atoms with van der Waals surface area (Å²) in [7, 11) is -2.45. The van der Waals surface area contributed by atoms with Gasteiger partial charge >= 0.3 is 6.18 Å². The minimum atomic E-state index is -4.27. The van der Waals surface area contributed by atoms with Gasteiger partial charge in [-0.25, -0.2) is 18.4 Å². The van der Waals surface area contributed by atoms with E-state index in [0.717, 1.165) is 60.3 Å². The van der Waals surface area contributed by atoms with Crippen LogP contribution in [-0.4, -0.2) is 65.5 Å². The lowest BCUT2D eigenvalue weighted by Gasteiger charge is -2.33. The largest absolute Gasteiger partial charge is 0.393 e. The van der Waals surface area contributed by atoms with Gasteiger partial charge in [0, 0.05) is 53.8 Å². The van der Waals surface area contributed by atoms with Crippen LogP contribution < -0.4 is 11.1 Å². The topological polar surface area (TPSA) is 130 Å². The Labute approximate surface area is 272 Å². The van der Waals surface area contributed by atoms with E-state index < -0.39 is 23.3 Å². The average Bonchev–Trinajstić information content (AvgIpc) is 3.55. The Morgan fingerprint density at radius 1 is 1.17 bits per heavy atom. The Morgan fingerprint density at radius 3 is 2.57 bits per heavy atom. The maximum absolute atomic E-state index is 13.0. The molecule has 1 fully saturated rings. The molecule has 0 radical (unpaired) electrons. The van der Waals surface area contributed by atoms with Crippen LogP contribution in [0.5, 0.6) is 0 Å². The van der Waals surface area contributed by atoms with Gasteiger partial charge in [-0.3, -0.25) is 4.90 Å². The number of aryl methyl sites for hydroxylation is 2. The summed E-state index contributed by atoms with van der Waals surface area (Å²) in [4.78, 5) is 12.1. The predicted octanol–water partition coefficient (Wildman–Crippen LogP) is 5.53. The summed E-state index contributed by atoms with van der Waals surface area (Å²) in [5.41, 5.74) is 9.86. The highest BCUT2D eigenvalue weighted by Crippen LogP contribution is 2.34. The van der Waals surface area contributed by atoms with Crippen molar-refractivity contribution < 1.29 is 21.6 Å². The van der Waals surface area contributed by atoms with Crippen molar-refractivity contribution in [3.63, 3.8) is 0 Å². The van der Waals surface area contributed by atoms with E-state index in [2.05, 4.69) is 52.2 Å². The minimum Gasteiger partial charge on any atom is -0.367 e. The van der Waals surface area contributed by atoms with Crippen molar-refractivity contribution in [2.45, 2.75) is 71.8 Å². The van der Waals surface area contributed by atoms with E-state index in [9.17, 15) is 26.9 Å². The fourth-order valence-electron chi connectivity index (χ4n) is 6.47. The lowest BCUT2D eigenvalue weighted by Crippen LogP contribution is -2.39. The first kappa shape index (κ1) is 34.1. The van der Waals surface area contributed by atoms with Crippen LogP contribution in [0, 0.1) is 37.0 Å². The number of hydrogen-bond donors (Lipinski definition) is 3. The second-order valence-corrected chi connectivity index (χ2v) is 14.6. The van der Waals surface area contributed by atoms with E-state index in [0.29, 0.717) is 47.1 Å². The van der Waals surface area contributed by atoms with Gasteiger partial charge in [-0.05, 0) is 80.8 Å². The van der Waals surface area contributed by atoms with Gasteiger partial charge in [0.25, 0.3) is 0 Å². The van der Waals surface area contributed by atoms with E-state index in [-0.39, 0.29) is 28.5 Å². The fourth-order valence-corrected chi connectivity index (χ4v) is 8.11. The molecular formula is C32H40F3N7O2S2. The van der Waals surface area contributed by atoms with Crippen molar-refractivity contribution in [3.05, 3.63) is 51.8 Å². The molecule has 0 saturated carbocycles. The molecule has 0 aliphatic carbocycles. The summed E-state index contributed by atoms with van der Waals surface area (Å²) in [6.45, 7) is 9.33. The maximum Gasteiger partial charge on any atom is 0.393 e. The van der Waals surface area contributed by atoms with Crippen LogP contribution in [0.4, 0.5) is 19.0 Å². The first-order chi connectivity index (χ1) is 21.8. The van der Waals surface area contributed by atoms with Crippen molar-refractivity contribution in [3.8, 4) is 6.07 Å². The Kier molecular flexibility index (Phi) is 10.6. The highest BCUT2D eigenvalue weighted by molar-refractivity contribution is 7.72. The number of nitrogens with one attached hydrogen (secondary N) is 1. The van der Waals surface area contributed by atoms with Crippen LogP contribution in [-0.2, 0) is 30.2 Å². The number of alkyl halides is 3. The van der Waals surface area contributed by atoms with Crippen LogP contribution in [0.3, 0.4) is 0 Å². The second kappa shape index (κ2) is 14.3. The number of aromatic nitrogens is 3. The number of halogens is 3. The van der Waals surface area contributed by atoms with Crippen LogP contribution in [0.2, 0.25) is 0 Å². The SMILES string of the molecule is Cc1nc(NC2CCN(Cc3ccc4c(cc(C#N)n4C[C@H](C)C(CN)CC[SH](=O)=O)c3C)CC2)c2cc(CC(F)(F)F)sc2n1. The van der Waals surface area contributed by atoms with E-state index in [1.54, 1.807) is 13.0 Å². The number of nitrogens with zero attached hydrogens (tertiary/aromatic N) is 5. The van der Waals surface area contributed by atoms with E-state index in [1.807, 2.05) is 10.6 Å². The Bertz CT molecular complexity index is 1810. The molecular weight excluding hydrogens is 636 g/mol. The monoisotopic (exact) mass is 675 g/mol. The Hall–Kier alpha value is -3.25. The highest BCUT2D eigenvalue weighted by atomic mass is 32.2. The number of piperidine rings is 1. The maximum atomic E-state index is 13.0. The van der Waals surface area contributed by atoms with Crippen LogP contribution >= 0.6 is 11.3 Å². The molecule has 9 nitrogen and oxygen atoms in total. The third-order valence-corrected chi connectivity index (χ3v) is 10.7. The number of rotatable bonds is 12. The van der Waals surface area contributed by atoms with Crippen molar-refractivity contribution >= 4 is 49.0 Å². The van der Waals surface area contributed by atoms with Crippen molar-refractivity contribution in [1.82, 2.24) is 19.4 Å². The summed E-state index contributed by atoms with van der Waals surface area (Å²) in [6.07, 6.45) is -3.01. The van der Waals surface area contributed by atoms with Gasteiger partial charge in [0.15, 0.2) is 0 Å². The Balaban J connectivity index is 1.25. The van der Waals surface area contributed by atoms with E-state index >= 15 is 0 Å². The number of fused-ring (bicyclic) bond motifs is 2. The number of anilines is 1. The third-order valence-electron chi connectivity index (χ3n) is 9.09. The molecule has 0 spiro atoms. The van der Waals surface area contributed by atoms with Gasteiger partial charge in [-0.2, -0.15) is 18.4 Å². The summed E-state index contributed by atoms with van der Waals surface area (Å²) in [6, 6.07) is 10.2. The van der Waals surface area contributed by atoms with Gasteiger partial charge in [0.1, 0.15) is 38.9 Å². The molecule has 3 N–H and O–H groups in total. The molecule has 1 unspecified atom stereocenters. The van der Waals surface area contributed by atoms with E-state index in [1.165, 1.54) is 5.56 Å². The summed E-state index contributed by atoms with van der Waals surface area (Å²) < 4.78 is 63.3. The van der Waals surface area contributed by atoms with Gasteiger partial charge in [-0.15, -0.1) is 11.3 Å². The molecule has 248 valence electrons. The first-order valence-corrected chi connectivity index (χ1v) is 17.7. The smallest absolute Gasteiger partial charge is 0.367 e. The molecule has 3 aromatic heterocycles. The number of nitriles is 1. The molecule has 14 heteroatoms. The van der Waals surface area contributed by atoms with E-state index in [4.69, 9.17) is 5.73 Å². The molecule has 4 aromatic rings. The lowest BCUT2D eigenvalue weighted by molar-refractivity contribution is -0.126. The zero-order chi connectivity index (χ0) is 33.2. The zero-order valence-corrected chi connectivity index (χ0v) is 27.9. The molecule has 1 aliphatic heterocycles. The summed E-state index contributed by atoms with van der Waals surface area (Å²) in [5.74, 6) is 1.37. The highest BCUT2D eigenvalue weighted by Gasteiger charge is 2.29. The molecule has 1 aliphatic rings. The minimum absolute atomic E-state index is 0.0381. The fraction of sp³-hybridized carbons (Fsp3) is 0.531. The molecule has 1 saturated heterocycles. The average molecular weight is 676 g/mol. The number of likely N-dealkylation sites (tertiary alicyclic amines) is 1. The molecule has 0 bridgehead atoms. The van der Waals surface area contributed by atoms with Crippen molar-refractivity contribution in [2.24, 2.45) is 17.6 Å². The number of thiophene rings is 1.